The first-order valence-corrected chi connectivity index (χ1v) is 11.4. The number of hydrogen-bond donors (Lipinski definition) is 1. The van der Waals surface area contributed by atoms with Crippen LogP contribution in [0.1, 0.15) is 16.7 Å². The molecule has 0 aromatic heterocycles. The molecule has 3 aromatic carbocycles. The molecule has 0 aliphatic heterocycles. The predicted molar refractivity (Wildman–Crippen MR) is 122 cm³/mol. The second-order valence-corrected chi connectivity index (χ2v) is 9.03. The normalized spacial score (nSPS) is 11.7. The van der Waals surface area contributed by atoms with Crippen molar-refractivity contribution in [2.24, 2.45) is 5.10 Å². The zero-order chi connectivity index (χ0) is 22.1. The van der Waals surface area contributed by atoms with Gasteiger partial charge in [0, 0.05) is 6.54 Å². The topological polar surface area (TPSA) is 78.8 Å². The highest BCUT2D eigenvalue weighted by atomic mass is 32.2. The largest absolute Gasteiger partial charge is 0.272 e. The minimum absolute atomic E-state index is 0.152. The fourth-order valence-electron chi connectivity index (χ4n) is 3.05. The van der Waals surface area contributed by atoms with Gasteiger partial charge >= 0.3 is 0 Å². The zero-order valence-corrected chi connectivity index (χ0v) is 18.1. The van der Waals surface area contributed by atoms with E-state index in [4.69, 9.17) is 0 Å². The van der Waals surface area contributed by atoms with Gasteiger partial charge in [-0.25, -0.2) is 13.8 Å². The molecule has 160 valence electrons. The van der Waals surface area contributed by atoms with Gasteiger partial charge in [-0.05, 0) is 36.6 Å². The van der Waals surface area contributed by atoms with E-state index in [0.717, 1.165) is 16.7 Å². The SMILES string of the molecule is Cc1cccc(/C=N\NC(=O)CN(CCc2ccccc2)S(=O)(=O)c2ccccc2)c1. The Hall–Kier alpha value is -3.29. The van der Waals surface area contributed by atoms with Crippen molar-refractivity contribution in [1.82, 2.24) is 9.73 Å². The van der Waals surface area contributed by atoms with Crippen molar-refractivity contribution in [2.75, 3.05) is 13.1 Å². The average Bonchev–Trinajstić information content (AvgIpc) is 2.78. The Morgan fingerprint density at radius 3 is 2.32 bits per heavy atom. The maximum Gasteiger partial charge on any atom is 0.255 e. The molecule has 1 N–H and O–H groups in total. The molecule has 7 heteroatoms. The van der Waals surface area contributed by atoms with E-state index in [9.17, 15) is 13.2 Å². The van der Waals surface area contributed by atoms with E-state index in [-0.39, 0.29) is 18.0 Å². The quantitative estimate of drug-likeness (QED) is 0.413. The van der Waals surface area contributed by atoms with Crippen molar-refractivity contribution in [2.45, 2.75) is 18.2 Å². The fraction of sp³-hybridized carbons (Fsp3) is 0.167. The molecule has 31 heavy (non-hydrogen) atoms. The van der Waals surface area contributed by atoms with Gasteiger partial charge in [-0.3, -0.25) is 4.79 Å². The van der Waals surface area contributed by atoms with Crippen molar-refractivity contribution >= 4 is 22.1 Å². The van der Waals surface area contributed by atoms with Crippen molar-refractivity contribution < 1.29 is 13.2 Å². The first-order valence-electron chi connectivity index (χ1n) is 9.93. The Balaban J connectivity index is 1.71. The lowest BCUT2D eigenvalue weighted by molar-refractivity contribution is -0.121. The van der Waals surface area contributed by atoms with Crippen LogP contribution in [0.25, 0.3) is 0 Å². The minimum Gasteiger partial charge on any atom is -0.272 e. The third kappa shape index (κ3) is 6.60. The van der Waals surface area contributed by atoms with Gasteiger partial charge in [-0.2, -0.15) is 9.41 Å². The van der Waals surface area contributed by atoms with E-state index in [1.807, 2.05) is 61.5 Å². The lowest BCUT2D eigenvalue weighted by Crippen LogP contribution is -2.40. The molecule has 0 heterocycles. The summed E-state index contributed by atoms with van der Waals surface area (Å²) in [6.45, 7) is 1.82. The summed E-state index contributed by atoms with van der Waals surface area (Å²) in [7, 11) is -3.83. The number of benzene rings is 3. The summed E-state index contributed by atoms with van der Waals surface area (Å²) >= 11 is 0. The Morgan fingerprint density at radius 2 is 1.65 bits per heavy atom. The highest BCUT2D eigenvalue weighted by Crippen LogP contribution is 2.16. The monoisotopic (exact) mass is 435 g/mol. The first kappa shape index (κ1) is 22.4. The molecular weight excluding hydrogens is 410 g/mol. The summed E-state index contributed by atoms with van der Waals surface area (Å²) in [5.41, 5.74) is 5.35. The summed E-state index contributed by atoms with van der Waals surface area (Å²) in [5.74, 6) is -0.503. The predicted octanol–water partition coefficient (Wildman–Crippen LogP) is 3.38. The highest BCUT2D eigenvalue weighted by Gasteiger charge is 2.26. The van der Waals surface area contributed by atoms with E-state index in [1.54, 1.807) is 18.2 Å². The molecule has 0 atom stereocenters. The Labute approximate surface area is 183 Å². The molecule has 0 unspecified atom stereocenters. The molecule has 1 amide bonds. The molecule has 3 aromatic rings. The number of sulfonamides is 1. The summed E-state index contributed by atoms with van der Waals surface area (Å²) in [4.78, 5) is 12.6. The van der Waals surface area contributed by atoms with Crippen LogP contribution < -0.4 is 5.43 Å². The zero-order valence-electron chi connectivity index (χ0n) is 17.3. The lowest BCUT2D eigenvalue weighted by atomic mass is 10.1. The number of amides is 1. The van der Waals surface area contributed by atoms with Crippen LogP contribution >= 0.6 is 0 Å². The highest BCUT2D eigenvalue weighted by molar-refractivity contribution is 7.89. The van der Waals surface area contributed by atoms with Gasteiger partial charge in [0.2, 0.25) is 10.0 Å². The maximum absolute atomic E-state index is 13.1. The number of aryl methyl sites for hydroxylation is 1. The summed E-state index contributed by atoms with van der Waals surface area (Å²) in [6, 6.07) is 25.4. The molecule has 3 rings (SSSR count). The summed E-state index contributed by atoms with van der Waals surface area (Å²) in [6.07, 6.45) is 2.03. The van der Waals surface area contributed by atoms with E-state index in [1.165, 1.54) is 22.7 Å². The number of carbonyl (C=O) groups excluding carboxylic acids is 1. The molecule has 0 fully saturated rings. The Bertz CT molecular complexity index is 1130. The lowest BCUT2D eigenvalue weighted by Gasteiger charge is -2.21. The van der Waals surface area contributed by atoms with Crippen molar-refractivity contribution in [3.05, 3.63) is 102 Å². The molecule has 0 saturated heterocycles. The second kappa shape index (κ2) is 10.7. The number of rotatable bonds is 9. The van der Waals surface area contributed by atoms with Gasteiger partial charge in [0.1, 0.15) is 0 Å². The Kier molecular flexibility index (Phi) is 7.70. The van der Waals surface area contributed by atoms with Gasteiger partial charge < -0.3 is 0 Å². The van der Waals surface area contributed by atoms with Crippen LogP contribution in [0.3, 0.4) is 0 Å². The van der Waals surface area contributed by atoms with Gasteiger partial charge in [0.15, 0.2) is 0 Å². The maximum atomic E-state index is 13.1. The van der Waals surface area contributed by atoms with Crippen LogP contribution in [0.2, 0.25) is 0 Å². The van der Waals surface area contributed by atoms with Crippen LogP contribution in [-0.2, 0) is 21.2 Å². The minimum atomic E-state index is -3.83. The van der Waals surface area contributed by atoms with Gasteiger partial charge in [-0.15, -0.1) is 0 Å². The molecule has 0 aliphatic rings. The standard InChI is InChI=1S/C24H25N3O3S/c1-20-9-8-12-22(17-20)18-25-26-24(28)19-27(16-15-21-10-4-2-5-11-21)31(29,30)23-13-6-3-7-14-23/h2-14,17-18H,15-16,19H2,1H3,(H,26,28)/b25-18-. The van der Waals surface area contributed by atoms with Crippen LogP contribution in [0, 0.1) is 6.92 Å². The molecule has 0 radical (unpaired) electrons. The van der Waals surface area contributed by atoms with Gasteiger partial charge in [-0.1, -0.05) is 78.4 Å². The van der Waals surface area contributed by atoms with Crippen LogP contribution in [0.15, 0.2) is 94.9 Å². The molecule has 0 spiro atoms. The van der Waals surface area contributed by atoms with E-state index in [2.05, 4.69) is 10.5 Å². The summed E-state index contributed by atoms with van der Waals surface area (Å²) < 4.78 is 27.4. The van der Waals surface area contributed by atoms with Crippen molar-refractivity contribution in [3.8, 4) is 0 Å². The van der Waals surface area contributed by atoms with Crippen molar-refractivity contribution in [1.29, 1.82) is 0 Å². The third-order valence-electron chi connectivity index (χ3n) is 4.64. The number of hydrazone groups is 1. The van der Waals surface area contributed by atoms with E-state index >= 15 is 0 Å². The number of nitrogens with one attached hydrogen (secondary N) is 1. The first-order chi connectivity index (χ1) is 14.9. The third-order valence-corrected chi connectivity index (χ3v) is 6.50. The Morgan fingerprint density at radius 1 is 0.968 bits per heavy atom. The number of carbonyl (C=O) groups is 1. The van der Waals surface area contributed by atoms with Gasteiger partial charge in [0.05, 0.1) is 17.7 Å². The number of hydrogen-bond acceptors (Lipinski definition) is 4. The smallest absolute Gasteiger partial charge is 0.255 e. The molecule has 0 saturated carbocycles. The second-order valence-electron chi connectivity index (χ2n) is 7.09. The molecular formula is C24H25N3O3S. The van der Waals surface area contributed by atoms with E-state index < -0.39 is 15.9 Å². The molecule has 6 nitrogen and oxygen atoms in total. The van der Waals surface area contributed by atoms with Crippen LogP contribution in [0.4, 0.5) is 0 Å². The van der Waals surface area contributed by atoms with Gasteiger partial charge in [0.25, 0.3) is 5.91 Å². The molecule has 0 aliphatic carbocycles. The van der Waals surface area contributed by atoms with Crippen LogP contribution in [0.5, 0.6) is 0 Å². The average molecular weight is 436 g/mol. The van der Waals surface area contributed by atoms with Crippen molar-refractivity contribution in [3.63, 3.8) is 0 Å². The van der Waals surface area contributed by atoms with Crippen LogP contribution in [-0.4, -0.2) is 37.9 Å². The number of nitrogens with zero attached hydrogens (tertiary/aromatic N) is 2. The summed E-state index contributed by atoms with van der Waals surface area (Å²) in [5, 5.41) is 3.96. The van der Waals surface area contributed by atoms with E-state index in [0.29, 0.717) is 6.42 Å². The molecule has 0 bridgehead atoms. The fourth-order valence-corrected chi connectivity index (χ4v) is 4.47.